The summed E-state index contributed by atoms with van der Waals surface area (Å²) >= 11 is 3.32. The lowest BCUT2D eigenvalue weighted by Crippen LogP contribution is -2.52. The van der Waals surface area contributed by atoms with Gasteiger partial charge in [0.25, 0.3) is 0 Å². The fraction of sp³-hybridized carbons (Fsp3) is 0.450. The zero-order chi connectivity index (χ0) is 21.1. The van der Waals surface area contributed by atoms with Crippen molar-refractivity contribution in [3.63, 3.8) is 0 Å². The Balaban J connectivity index is 1.31. The molecule has 2 fully saturated rings. The Labute approximate surface area is 185 Å². The number of benzene rings is 1. The molecule has 2 aliphatic heterocycles. The number of piperidine rings is 1. The highest BCUT2D eigenvalue weighted by Crippen LogP contribution is 2.24. The lowest BCUT2D eigenvalue weighted by atomic mass is 9.95. The summed E-state index contributed by atoms with van der Waals surface area (Å²) in [5.41, 5.74) is 0. The highest BCUT2D eigenvalue weighted by molar-refractivity contribution is 9.10. The first-order valence-corrected chi connectivity index (χ1v) is 12.2. The number of hydrogen-bond donors (Lipinski definition) is 0. The second kappa shape index (κ2) is 8.99. The fourth-order valence-corrected chi connectivity index (χ4v) is 5.63. The van der Waals surface area contributed by atoms with Gasteiger partial charge in [0.15, 0.2) is 0 Å². The lowest BCUT2D eigenvalue weighted by molar-refractivity contribution is -0.137. The van der Waals surface area contributed by atoms with Crippen molar-refractivity contribution in [3.8, 4) is 0 Å². The van der Waals surface area contributed by atoms with Crippen molar-refractivity contribution >= 4 is 37.8 Å². The molecule has 30 heavy (non-hydrogen) atoms. The summed E-state index contributed by atoms with van der Waals surface area (Å²) in [7, 11) is -3.54. The van der Waals surface area contributed by atoms with Gasteiger partial charge in [0.2, 0.25) is 21.9 Å². The standard InChI is InChI=1S/C20H24BrN5O3S/c21-17-2-4-18(5-3-17)30(28,29)26-14-12-24(13-15-26)19(27)16-6-10-25(11-7-16)20-22-8-1-9-23-20/h1-5,8-9,16H,6-7,10-15H2. The number of carbonyl (C=O) groups excluding carboxylic acids is 1. The topological polar surface area (TPSA) is 86.7 Å². The van der Waals surface area contributed by atoms with Crippen molar-refractivity contribution in [3.05, 3.63) is 47.2 Å². The molecule has 0 unspecified atom stereocenters. The SMILES string of the molecule is O=C(C1CCN(c2ncccn2)CC1)N1CCN(S(=O)(=O)c2ccc(Br)cc2)CC1. The van der Waals surface area contributed by atoms with Gasteiger partial charge in [-0.05, 0) is 43.2 Å². The van der Waals surface area contributed by atoms with Crippen LogP contribution in [0, 0.1) is 5.92 Å². The monoisotopic (exact) mass is 493 g/mol. The zero-order valence-electron chi connectivity index (χ0n) is 16.5. The highest BCUT2D eigenvalue weighted by atomic mass is 79.9. The van der Waals surface area contributed by atoms with E-state index in [1.54, 1.807) is 42.7 Å². The molecule has 0 atom stereocenters. The van der Waals surface area contributed by atoms with Gasteiger partial charge in [0.05, 0.1) is 4.90 Å². The Morgan fingerprint density at radius 3 is 2.13 bits per heavy atom. The molecule has 0 aliphatic carbocycles. The van der Waals surface area contributed by atoms with E-state index < -0.39 is 10.0 Å². The van der Waals surface area contributed by atoms with Gasteiger partial charge < -0.3 is 9.80 Å². The molecule has 160 valence electrons. The molecule has 4 rings (SSSR count). The summed E-state index contributed by atoms with van der Waals surface area (Å²) in [6, 6.07) is 8.43. The Morgan fingerprint density at radius 2 is 1.53 bits per heavy atom. The average Bonchev–Trinajstić information content (AvgIpc) is 2.80. The van der Waals surface area contributed by atoms with E-state index in [4.69, 9.17) is 0 Å². The number of aromatic nitrogens is 2. The molecule has 0 spiro atoms. The van der Waals surface area contributed by atoms with Crippen LogP contribution in [0.25, 0.3) is 0 Å². The molecule has 0 radical (unpaired) electrons. The minimum absolute atomic E-state index is 0.0282. The van der Waals surface area contributed by atoms with Crippen LogP contribution in [0.2, 0.25) is 0 Å². The third kappa shape index (κ3) is 4.50. The zero-order valence-corrected chi connectivity index (χ0v) is 18.9. The van der Waals surface area contributed by atoms with Crippen LogP contribution in [0.3, 0.4) is 0 Å². The van der Waals surface area contributed by atoms with Crippen LogP contribution in [-0.2, 0) is 14.8 Å². The Bertz CT molecular complexity index is 971. The van der Waals surface area contributed by atoms with E-state index in [0.717, 1.165) is 30.4 Å². The van der Waals surface area contributed by atoms with E-state index in [1.165, 1.54) is 4.31 Å². The van der Waals surface area contributed by atoms with E-state index in [-0.39, 0.29) is 16.7 Å². The third-order valence-electron chi connectivity index (χ3n) is 5.68. The first-order chi connectivity index (χ1) is 14.4. The average molecular weight is 494 g/mol. The minimum atomic E-state index is -3.54. The van der Waals surface area contributed by atoms with Crippen LogP contribution >= 0.6 is 15.9 Å². The normalized spacial score (nSPS) is 19.1. The number of nitrogens with zero attached hydrogens (tertiary/aromatic N) is 5. The third-order valence-corrected chi connectivity index (χ3v) is 8.12. The van der Waals surface area contributed by atoms with Crippen LogP contribution in [0.15, 0.2) is 52.1 Å². The van der Waals surface area contributed by atoms with Crippen molar-refractivity contribution in [1.82, 2.24) is 19.2 Å². The number of anilines is 1. The number of amides is 1. The van der Waals surface area contributed by atoms with Gasteiger partial charge >= 0.3 is 0 Å². The number of halogens is 1. The lowest BCUT2D eigenvalue weighted by Gasteiger charge is -2.38. The second-order valence-corrected chi connectivity index (χ2v) is 10.3. The van der Waals surface area contributed by atoms with E-state index in [2.05, 4.69) is 30.8 Å². The fourth-order valence-electron chi connectivity index (χ4n) is 3.94. The molecule has 8 nitrogen and oxygen atoms in total. The smallest absolute Gasteiger partial charge is 0.243 e. The van der Waals surface area contributed by atoms with Crippen LogP contribution in [0.1, 0.15) is 12.8 Å². The molecule has 2 aliphatic rings. The molecule has 10 heteroatoms. The van der Waals surface area contributed by atoms with E-state index in [9.17, 15) is 13.2 Å². The van der Waals surface area contributed by atoms with Crippen molar-refractivity contribution in [2.45, 2.75) is 17.7 Å². The van der Waals surface area contributed by atoms with Crippen LogP contribution in [0.5, 0.6) is 0 Å². The van der Waals surface area contributed by atoms with E-state index >= 15 is 0 Å². The first-order valence-electron chi connectivity index (χ1n) is 10.0. The van der Waals surface area contributed by atoms with Crippen LogP contribution in [0.4, 0.5) is 5.95 Å². The molecule has 0 N–H and O–H groups in total. The van der Waals surface area contributed by atoms with Crippen molar-refractivity contribution in [1.29, 1.82) is 0 Å². The number of rotatable bonds is 4. The molecule has 1 aromatic carbocycles. The summed E-state index contributed by atoms with van der Waals surface area (Å²) < 4.78 is 28.0. The van der Waals surface area contributed by atoms with E-state index in [0.29, 0.717) is 32.1 Å². The quantitative estimate of drug-likeness (QED) is 0.647. The Hall–Kier alpha value is -2.04. The summed E-state index contributed by atoms with van der Waals surface area (Å²) in [6.07, 6.45) is 4.96. The van der Waals surface area contributed by atoms with Crippen molar-refractivity contribution in [2.24, 2.45) is 5.92 Å². The molecule has 3 heterocycles. The maximum absolute atomic E-state index is 13.0. The summed E-state index contributed by atoms with van der Waals surface area (Å²) in [4.78, 5) is 25.7. The first kappa shape index (κ1) is 21.2. The minimum Gasteiger partial charge on any atom is -0.341 e. The van der Waals surface area contributed by atoms with Crippen LogP contribution in [-0.4, -0.2) is 72.8 Å². The van der Waals surface area contributed by atoms with Gasteiger partial charge in [-0.15, -0.1) is 0 Å². The number of piperazine rings is 1. The summed E-state index contributed by atoms with van der Waals surface area (Å²) in [6.45, 7) is 2.99. The maximum atomic E-state index is 13.0. The van der Waals surface area contributed by atoms with Gasteiger partial charge in [0.1, 0.15) is 0 Å². The largest absolute Gasteiger partial charge is 0.341 e. The molecular weight excluding hydrogens is 470 g/mol. The van der Waals surface area contributed by atoms with Crippen molar-refractivity contribution in [2.75, 3.05) is 44.2 Å². The summed E-state index contributed by atoms with van der Waals surface area (Å²) in [5, 5.41) is 0. The van der Waals surface area contributed by atoms with Crippen LogP contribution < -0.4 is 4.90 Å². The molecule has 0 saturated carbocycles. The predicted molar refractivity (Wildman–Crippen MR) is 116 cm³/mol. The molecular formula is C20H24BrN5O3S. The summed E-state index contributed by atoms with van der Waals surface area (Å²) in [5.74, 6) is 0.805. The maximum Gasteiger partial charge on any atom is 0.243 e. The van der Waals surface area contributed by atoms with Crippen molar-refractivity contribution < 1.29 is 13.2 Å². The molecule has 2 saturated heterocycles. The molecule has 0 bridgehead atoms. The number of sulfonamides is 1. The Kier molecular flexibility index (Phi) is 6.35. The molecule has 2 aromatic rings. The predicted octanol–water partition coefficient (Wildman–Crippen LogP) is 1.99. The van der Waals surface area contributed by atoms with Gasteiger partial charge in [-0.25, -0.2) is 18.4 Å². The molecule has 1 aromatic heterocycles. The Morgan fingerprint density at radius 1 is 0.933 bits per heavy atom. The van der Waals surface area contributed by atoms with Gasteiger partial charge in [-0.3, -0.25) is 4.79 Å². The van der Waals surface area contributed by atoms with Gasteiger partial charge in [0, 0.05) is 62.1 Å². The number of carbonyl (C=O) groups is 1. The molecule has 1 amide bonds. The van der Waals surface area contributed by atoms with Gasteiger partial charge in [-0.2, -0.15) is 4.31 Å². The number of hydrogen-bond acceptors (Lipinski definition) is 6. The van der Waals surface area contributed by atoms with E-state index in [1.807, 2.05) is 4.90 Å². The second-order valence-electron chi connectivity index (χ2n) is 7.49. The highest BCUT2D eigenvalue weighted by Gasteiger charge is 2.34. The van der Waals surface area contributed by atoms with Gasteiger partial charge in [-0.1, -0.05) is 15.9 Å².